The van der Waals surface area contributed by atoms with Gasteiger partial charge in [-0.1, -0.05) is 30.0 Å². The molecule has 2 N–H and O–H groups in total. The topological polar surface area (TPSA) is 63.4 Å². The molecule has 2 aromatic carbocycles. The lowest BCUT2D eigenvalue weighted by Gasteiger charge is -2.27. The van der Waals surface area contributed by atoms with E-state index in [1.54, 1.807) is 6.07 Å². The van der Waals surface area contributed by atoms with Crippen molar-refractivity contribution in [2.75, 3.05) is 13.1 Å². The Bertz CT molecular complexity index is 816. The van der Waals surface area contributed by atoms with Crippen molar-refractivity contribution in [3.8, 4) is 11.8 Å². The Labute approximate surface area is 134 Å². The van der Waals surface area contributed by atoms with Gasteiger partial charge >= 0.3 is 0 Å². The van der Waals surface area contributed by atoms with E-state index in [2.05, 4.69) is 11.8 Å². The molecule has 2 aromatic rings. The molecule has 0 aromatic heterocycles. The van der Waals surface area contributed by atoms with E-state index in [9.17, 15) is 9.59 Å². The lowest BCUT2D eigenvalue weighted by atomic mass is 9.96. The second-order valence-corrected chi connectivity index (χ2v) is 5.43. The predicted octanol–water partition coefficient (Wildman–Crippen LogP) is 1.57. The maximum Gasteiger partial charge on any atom is 0.254 e. The van der Waals surface area contributed by atoms with E-state index in [0.717, 1.165) is 16.7 Å². The summed E-state index contributed by atoms with van der Waals surface area (Å²) >= 11 is 0. The summed E-state index contributed by atoms with van der Waals surface area (Å²) in [6.07, 6.45) is 0.704. The van der Waals surface area contributed by atoms with Gasteiger partial charge in [-0.25, -0.2) is 0 Å². The fourth-order valence-electron chi connectivity index (χ4n) is 2.62. The number of rotatable bonds is 2. The van der Waals surface area contributed by atoms with Crippen molar-refractivity contribution in [2.24, 2.45) is 5.73 Å². The third-order valence-corrected chi connectivity index (χ3v) is 3.75. The van der Waals surface area contributed by atoms with Crippen LogP contribution in [0, 0.1) is 11.8 Å². The minimum Gasteiger partial charge on any atom is -0.368 e. The summed E-state index contributed by atoms with van der Waals surface area (Å²) in [4.78, 5) is 24.8. The van der Waals surface area contributed by atoms with Gasteiger partial charge in [0, 0.05) is 23.2 Å². The lowest BCUT2D eigenvalue weighted by molar-refractivity contribution is -0.118. The standard InChI is InChI=1S/C19H16N2O2/c20-18(22)13-21-11-10-16-12-15(8-9-17(16)19(21)23)7-6-14-4-2-1-3-5-14/h1-5,8-9,12H,10-11,13H2,(H2,20,22). The Kier molecular flexibility index (Phi) is 4.11. The number of nitrogens with two attached hydrogens (primary N) is 1. The Morgan fingerprint density at radius 2 is 1.83 bits per heavy atom. The predicted molar refractivity (Wildman–Crippen MR) is 87.7 cm³/mol. The third kappa shape index (κ3) is 3.41. The summed E-state index contributed by atoms with van der Waals surface area (Å²) in [6.45, 7) is 0.470. The van der Waals surface area contributed by atoms with Crippen LogP contribution in [0.2, 0.25) is 0 Å². The van der Waals surface area contributed by atoms with Crippen molar-refractivity contribution >= 4 is 11.8 Å². The number of hydrogen-bond donors (Lipinski definition) is 1. The average Bonchev–Trinajstić information content (AvgIpc) is 2.56. The second-order valence-electron chi connectivity index (χ2n) is 5.43. The number of amides is 2. The van der Waals surface area contributed by atoms with Crippen molar-refractivity contribution in [1.29, 1.82) is 0 Å². The summed E-state index contributed by atoms with van der Waals surface area (Å²) in [5.41, 5.74) is 8.60. The maximum atomic E-state index is 12.3. The van der Waals surface area contributed by atoms with E-state index in [-0.39, 0.29) is 12.5 Å². The molecule has 0 unspecified atom stereocenters. The number of benzene rings is 2. The molecule has 114 valence electrons. The van der Waals surface area contributed by atoms with E-state index < -0.39 is 5.91 Å². The Morgan fingerprint density at radius 1 is 1.09 bits per heavy atom. The van der Waals surface area contributed by atoms with Gasteiger partial charge in [0.15, 0.2) is 0 Å². The van der Waals surface area contributed by atoms with Gasteiger partial charge in [-0.05, 0) is 42.3 Å². The van der Waals surface area contributed by atoms with Crippen molar-refractivity contribution in [3.63, 3.8) is 0 Å². The van der Waals surface area contributed by atoms with E-state index >= 15 is 0 Å². The van der Waals surface area contributed by atoms with Crippen molar-refractivity contribution in [3.05, 3.63) is 70.8 Å². The highest BCUT2D eigenvalue weighted by Gasteiger charge is 2.25. The molecule has 0 aliphatic carbocycles. The normalized spacial score (nSPS) is 13.0. The molecular formula is C19H16N2O2. The number of hydrogen-bond acceptors (Lipinski definition) is 2. The molecular weight excluding hydrogens is 288 g/mol. The van der Waals surface area contributed by atoms with Crippen LogP contribution >= 0.6 is 0 Å². The zero-order valence-corrected chi connectivity index (χ0v) is 12.6. The van der Waals surface area contributed by atoms with E-state index in [0.29, 0.717) is 18.5 Å². The molecule has 0 bridgehead atoms. The zero-order valence-electron chi connectivity index (χ0n) is 12.6. The Balaban J connectivity index is 1.83. The molecule has 1 aliphatic rings. The summed E-state index contributed by atoms with van der Waals surface area (Å²) in [5, 5.41) is 0. The highest BCUT2D eigenvalue weighted by Crippen LogP contribution is 2.20. The quantitative estimate of drug-likeness (QED) is 0.856. The van der Waals surface area contributed by atoms with Gasteiger partial charge in [0.2, 0.25) is 5.91 Å². The first-order chi connectivity index (χ1) is 11.1. The van der Waals surface area contributed by atoms with Crippen LogP contribution in [0.5, 0.6) is 0 Å². The van der Waals surface area contributed by atoms with Crippen LogP contribution in [0.1, 0.15) is 27.0 Å². The van der Waals surface area contributed by atoms with E-state index in [1.165, 1.54) is 4.90 Å². The van der Waals surface area contributed by atoms with Gasteiger partial charge in [0.25, 0.3) is 5.91 Å². The van der Waals surface area contributed by atoms with Crippen LogP contribution in [-0.2, 0) is 11.2 Å². The largest absolute Gasteiger partial charge is 0.368 e. The summed E-state index contributed by atoms with van der Waals surface area (Å²) in [5.74, 6) is 5.59. The highest BCUT2D eigenvalue weighted by atomic mass is 16.2. The molecule has 1 aliphatic heterocycles. The van der Waals surface area contributed by atoms with Gasteiger partial charge in [-0.3, -0.25) is 9.59 Å². The molecule has 0 saturated carbocycles. The van der Waals surface area contributed by atoms with Crippen molar-refractivity contribution in [1.82, 2.24) is 4.90 Å². The molecule has 0 radical (unpaired) electrons. The van der Waals surface area contributed by atoms with E-state index in [4.69, 9.17) is 5.73 Å². The number of carbonyl (C=O) groups excluding carboxylic acids is 2. The average molecular weight is 304 g/mol. The first kappa shape index (κ1) is 14.9. The summed E-state index contributed by atoms with van der Waals surface area (Å²) in [6, 6.07) is 15.3. The molecule has 0 spiro atoms. The molecule has 3 rings (SSSR count). The number of nitrogens with zero attached hydrogens (tertiary/aromatic N) is 1. The van der Waals surface area contributed by atoms with Gasteiger partial charge in [0.1, 0.15) is 0 Å². The Morgan fingerprint density at radius 3 is 2.57 bits per heavy atom. The molecule has 4 heteroatoms. The first-order valence-corrected chi connectivity index (χ1v) is 7.41. The van der Waals surface area contributed by atoms with Crippen LogP contribution < -0.4 is 5.73 Å². The third-order valence-electron chi connectivity index (χ3n) is 3.75. The van der Waals surface area contributed by atoms with Crippen LogP contribution in [0.3, 0.4) is 0 Å². The molecule has 23 heavy (non-hydrogen) atoms. The fourth-order valence-corrected chi connectivity index (χ4v) is 2.62. The molecule has 0 atom stereocenters. The smallest absolute Gasteiger partial charge is 0.254 e. The molecule has 1 heterocycles. The van der Waals surface area contributed by atoms with Gasteiger partial charge in [-0.15, -0.1) is 0 Å². The number of carbonyl (C=O) groups is 2. The van der Waals surface area contributed by atoms with Crippen molar-refractivity contribution < 1.29 is 9.59 Å². The van der Waals surface area contributed by atoms with Crippen LogP contribution in [0.15, 0.2) is 48.5 Å². The second kappa shape index (κ2) is 6.37. The Hall–Kier alpha value is -3.06. The maximum absolute atomic E-state index is 12.3. The van der Waals surface area contributed by atoms with Gasteiger partial charge < -0.3 is 10.6 Å². The molecule has 2 amide bonds. The zero-order chi connectivity index (χ0) is 16.2. The van der Waals surface area contributed by atoms with Crippen LogP contribution in [-0.4, -0.2) is 29.8 Å². The number of fused-ring (bicyclic) bond motifs is 1. The first-order valence-electron chi connectivity index (χ1n) is 7.41. The van der Waals surface area contributed by atoms with Gasteiger partial charge in [-0.2, -0.15) is 0 Å². The molecule has 0 fully saturated rings. The monoisotopic (exact) mass is 304 g/mol. The van der Waals surface area contributed by atoms with E-state index in [1.807, 2.05) is 42.5 Å². The SMILES string of the molecule is NC(=O)CN1CCc2cc(C#Cc3ccccc3)ccc2C1=O. The molecule has 4 nitrogen and oxygen atoms in total. The summed E-state index contributed by atoms with van der Waals surface area (Å²) in [7, 11) is 0. The lowest BCUT2D eigenvalue weighted by Crippen LogP contribution is -2.42. The van der Waals surface area contributed by atoms with Crippen molar-refractivity contribution in [2.45, 2.75) is 6.42 Å². The minimum absolute atomic E-state index is 0.0339. The molecule has 0 saturated heterocycles. The summed E-state index contributed by atoms with van der Waals surface area (Å²) < 4.78 is 0. The van der Waals surface area contributed by atoms with Gasteiger partial charge in [0.05, 0.1) is 6.54 Å². The fraction of sp³-hybridized carbons (Fsp3) is 0.158. The number of primary amides is 1. The highest BCUT2D eigenvalue weighted by molar-refractivity contribution is 5.98. The van der Waals surface area contributed by atoms with Crippen LogP contribution in [0.4, 0.5) is 0 Å². The van der Waals surface area contributed by atoms with Crippen LogP contribution in [0.25, 0.3) is 0 Å². The minimum atomic E-state index is -0.493.